The number of rotatable bonds is 2. The van der Waals surface area contributed by atoms with Gasteiger partial charge in [-0.05, 0) is 25.7 Å². The smallest absolute Gasteiger partial charge is 0.138 e. The van der Waals surface area contributed by atoms with Crippen LogP contribution in [0.2, 0.25) is 0 Å². The lowest BCUT2D eigenvalue weighted by Gasteiger charge is -2.25. The van der Waals surface area contributed by atoms with Gasteiger partial charge in [0, 0.05) is 17.1 Å². The highest BCUT2D eigenvalue weighted by molar-refractivity contribution is 7.80. The fraction of sp³-hybridized carbons (Fsp3) is 0.917. The van der Waals surface area contributed by atoms with E-state index in [0.717, 1.165) is 25.7 Å². The van der Waals surface area contributed by atoms with E-state index in [1.165, 1.54) is 0 Å². The normalized spacial score (nSPS) is 26.7. The molecule has 0 atom stereocenters. The lowest BCUT2D eigenvalue weighted by molar-refractivity contribution is -0.126. The number of hydrogen-bond acceptors (Lipinski definition) is 2. The van der Waals surface area contributed by atoms with Gasteiger partial charge in [-0.3, -0.25) is 4.79 Å². The Morgan fingerprint density at radius 1 is 1.14 bits per heavy atom. The van der Waals surface area contributed by atoms with Gasteiger partial charge in [-0.1, -0.05) is 27.7 Å². The third kappa shape index (κ3) is 4.50. The first-order valence-corrected chi connectivity index (χ1v) is 6.34. The van der Waals surface area contributed by atoms with Gasteiger partial charge in [-0.25, -0.2) is 0 Å². The van der Waals surface area contributed by atoms with Crippen LogP contribution in [0.4, 0.5) is 0 Å². The predicted octanol–water partition coefficient (Wildman–Crippen LogP) is 3.73. The minimum absolute atomic E-state index is 0.214. The Hall–Kier alpha value is 0.0200. The maximum atomic E-state index is 11.6. The van der Waals surface area contributed by atoms with Gasteiger partial charge in [-0.2, -0.15) is 12.6 Å². The molecule has 1 fully saturated rings. The van der Waals surface area contributed by atoms with Gasteiger partial charge >= 0.3 is 0 Å². The van der Waals surface area contributed by atoms with E-state index >= 15 is 0 Å². The average molecular weight is 216 g/mol. The van der Waals surface area contributed by atoms with Gasteiger partial charge < -0.3 is 0 Å². The van der Waals surface area contributed by atoms with Crippen molar-refractivity contribution in [3.63, 3.8) is 0 Å². The van der Waals surface area contributed by atoms with Crippen molar-refractivity contribution in [2.75, 3.05) is 0 Å². The third-order valence-electron chi connectivity index (χ3n) is 2.67. The molecule has 0 spiro atoms. The number of carbonyl (C=O) groups excluding carboxylic acids is 1. The van der Waals surface area contributed by atoms with Crippen LogP contribution >= 0.6 is 12.6 Å². The van der Waals surface area contributed by atoms with Gasteiger partial charge in [-0.15, -0.1) is 0 Å². The van der Waals surface area contributed by atoms with Crippen molar-refractivity contribution in [2.24, 2.45) is 11.8 Å². The SMILES string of the molecule is CC.CC(C)C(=O)C1CCC(S)CC1. The van der Waals surface area contributed by atoms with E-state index in [4.69, 9.17) is 0 Å². The van der Waals surface area contributed by atoms with Crippen LogP contribution < -0.4 is 0 Å². The molecule has 0 aromatic carbocycles. The quantitative estimate of drug-likeness (QED) is 0.696. The Balaban J connectivity index is 0.000000791. The third-order valence-corrected chi connectivity index (χ3v) is 3.18. The summed E-state index contributed by atoms with van der Waals surface area (Å²) in [7, 11) is 0. The van der Waals surface area contributed by atoms with E-state index in [1.807, 2.05) is 27.7 Å². The second-order valence-electron chi connectivity index (χ2n) is 4.06. The first-order chi connectivity index (χ1) is 6.61. The number of carbonyl (C=O) groups is 1. The van der Waals surface area contributed by atoms with E-state index in [9.17, 15) is 4.79 Å². The van der Waals surface area contributed by atoms with Gasteiger partial charge in [0.25, 0.3) is 0 Å². The van der Waals surface area contributed by atoms with Crippen LogP contribution in [0.1, 0.15) is 53.4 Å². The van der Waals surface area contributed by atoms with Crippen molar-refractivity contribution in [3.05, 3.63) is 0 Å². The molecule has 0 aromatic heterocycles. The Labute approximate surface area is 94.1 Å². The Morgan fingerprint density at radius 2 is 1.57 bits per heavy atom. The van der Waals surface area contributed by atoms with Crippen LogP contribution in [0.5, 0.6) is 0 Å². The van der Waals surface area contributed by atoms with E-state index in [0.29, 0.717) is 17.0 Å². The van der Waals surface area contributed by atoms with E-state index in [2.05, 4.69) is 12.6 Å². The molecule has 14 heavy (non-hydrogen) atoms. The highest BCUT2D eigenvalue weighted by Crippen LogP contribution is 2.29. The second-order valence-corrected chi connectivity index (χ2v) is 4.79. The fourth-order valence-electron chi connectivity index (χ4n) is 1.83. The highest BCUT2D eigenvalue weighted by Gasteiger charge is 2.25. The minimum Gasteiger partial charge on any atom is -0.299 e. The molecule has 0 unspecified atom stereocenters. The van der Waals surface area contributed by atoms with Gasteiger partial charge in [0.15, 0.2) is 0 Å². The van der Waals surface area contributed by atoms with Crippen LogP contribution in [-0.2, 0) is 4.79 Å². The average Bonchev–Trinajstić information content (AvgIpc) is 2.21. The molecular formula is C12H24OS. The number of hydrogen-bond donors (Lipinski definition) is 1. The number of ketones is 1. The number of Topliss-reactive ketones (excluding diaryl/α,β-unsaturated/α-hetero) is 1. The highest BCUT2D eigenvalue weighted by atomic mass is 32.1. The summed E-state index contributed by atoms with van der Waals surface area (Å²) in [4.78, 5) is 11.6. The van der Waals surface area contributed by atoms with E-state index in [1.54, 1.807) is 0 Å². The summed E-state index contributed by atoms with van der Waals surface area (Å²) in [6, 6.07) is 0. The summed E-state index contributed by atoms with van der Waals surface area (Å²) < 4.78 is 0. The van der Waals surface area contributed by atoms with Gasteiger partial charge in [0.05, 0.1) is 0 Å². The van der Waals surface area contributed by atoms with Crippen molar-refractivity contribution in [2.45, 2.75) is 58.6 Å². The Bertz CT molecular complexity index is 158. The largest absolute Gasteiger partial charge is 0.299 e. The monoisotopic (exact) mass is 216 g/mol. The molecule has 1 nitrogen and oxygen atoms in total. The standard InChI is InChI=1S/C10H18OS.C2H6/c1-7(2)10(11)8-3-5-9(12)6-4-8;1-2/h7-9,12H,3-6H2,1-2H3;1-2H3. The van der Waals surface area contributed by atoms with Crippen molar-refractivity contribution in [3.8, 4) is 0 Å². The molecule has 0 aliphatic heterocycles. The Morgan fingerprint density at radius 3 is 1.93 bits per heavy atom. The van der Waals surface area contributed by atoms with Crippen molar-refractivity contribution in [1.82, 2.24) is 0 Å². The van der Waals surface area contributed by atoms with Gasteiger partial charge in [0.1, 0.15) is 5.78 Å². The van der Waals surface area contributed by atoms with E-state index in [-0.39, 0.29) is 5.92 Å². The zero-order valence-corrected chi connectivity index (χ0v) is 10.8. The molecule has 1 aliphatic carbocycles. The summed E-state index contributed by atoms with van der Waals surface area (Å²) in [5.74, 6) is 1.01. The summed E-state index contributed by atoms with van der Waals surface area (Å²) in [6.07, 6.45) is 4.36. The van der Waals surface area contributed by atoms with Crippen LogP contribution in [0.25, 0.3) is 0 Å². The first kappa shape index (κ1) is 14.0. The molecule has 0 amide bonds. The molecule has 0 heterocycles. The molecule has 84 valence electrons. The molecule has 0 bridgehead atoms. The van der Waals surface area contributed by atoms with Crippen molar-refractivity contribution in [1.29, 1.82) is 0 Å². The predicted molar refractivity (Wildman–Crippen MR) is 65.9 cm³/mol. The molecule has 1 rings (SSSR count). The molecule has 2 heteroatoms. The second kappa shape index (κ2) is 7.33. The van der Waals surface area contributed by atoms with E-state index < -0.39 is 0 Å². The first-order valence-electron chi connectivity index (χ1n) is 5.83. The summed E-state index contributed by atoms with van der Waals surface area (Å²) in [5.41, 5.74) is 0. The van der Waals surface area contributed by atoms with Crippen LogP contribution in [-0.4, -0.2) is 11.0 Å². The molecule has 0 N–H and O–H groups in total. The summed E-state index contributed by atoms with van der Waals surface area (Å²) in [5, 5.41) is 0.543. The molecule has 0 aromatic rings. The summed E-state index contributed by atoms with van der Waals surface area (Å²) in [6.45, 7) is 7.99. The van der Waals surface area contributed by atoms with Crippen molar-refractivity contribution >= 4 is 18.4 Å². The molecule has 1 saturated carbocycles. The topological polar surface area (TPSA) is 17.1 Å². The summed E-state index contributed by atoms with van der Waals surface area (Å²) >= 11 is 4.41. The van der Waals surface area contributed by atoms with Crippen LogP contribution in [0.3, 0.4) is 0 Å². The molecule has 0 saturated heterocycles. The zero-order chi connectivity index (χ0) is 11.1. The maximum Gasteiger partial charge on any atom is 0.138 e. The van der Waals surface area contributed by atoms with Crippen LogP contribution in [0, 0.1) is 11.8 Å². The number of thiol groups is 1. The van der Waals surface area contributed by atoms with Crippen LogP contribution in [0.15, 0.2) is 0 Å². The molecular weight excluding hydrogens is 192 g/mol. The lowest BCUT2D eigenvalue weighted by atomic mass is 9.82. The zero-order valence-electron chi connectivity index (χ0n) is 9.92. The lowest BCUT2D eigenvalue weighted by Crippen LogP contribution is -2.25. The fourth-order valence-corrected chi connectivity index (χ4v) is 2.13. The Kier molecular flexibility index (Phi) is 7.34. The maximum absolute atomic E-state index is 11.6. The molecule has 1 aliphatic rings. The van der Waals surface area contributed by atoms with Crippen molar-refractivity contribution < 1.29 is 4.79 Å². The molecule has 0 radical (unpaired) electrons. The van der Waals surface area contributed by atoms with Gasteiger partial charge in [0.2, 0.25) is 0 Å². The minimum atomic E-state index is 0.214.